The van der Waals surface area contributed by atoms with Crippen LogP contribution in [-0.4, -0.2) is 12.0 Å². The van der Waals surface area contributed by atoms with Crippen molar-refractivity contribution in [1.82, 2.24) is 0 Å². The van der Waals surface area contributed by atoms with Gasteiger partial charge in [0.05, 0.1) is 5.02 Å². The fourth-order valence-electron chi connectivity index (χ4n) is 1.59. The number of benzene rings is 2. The topological polar surface area (TPSA) is 38.3 Å². The predicted molar refractivity (Wildman–Crippen MR) is 76.6 cm³/mol. The fourth-order valence-corrected chi connectivity index (χ4v) is 1.77. The molecule has 0 saturated heterocycles. The molecular weight excluding hydrogens is 281 g/mol. The van der Waals surface area contributed by atoms with Gasteiger partial charge < -0.3 is 10.1 Å². The van der Waals surface area contributed by atoms with E-state index in [9.17, 15) is 9.18 Å². The summed E-state index contributed by atoms with van der Waals surface area (Å²) in [5.74, 6) is -0.367. The van der Waals surface area contributed by atoms with Crippen LogP contribution in [0.4, 0.5) is 10.1 Å². The van der Waals surface area contributed by atoms with Gasteiger partial charge in [-0.1, -0.05) is 29.8 Å². The van der Waals surface area contributed by atoms with Crippen molar-refractivity contribution < 1.29 is 13.9 Å². The number of para-hydroxylation sites is 1. The summed E-state index contributed by atoms with van der Waals surface area (Å²) in [6.45, 7) is 1.60. The van der Waals surface area contributed by atoms with Crippen LogP contribution >= 0.6 is 11.6 Å². The van der Waals surface area contributed by atoms with E-state index in [0.717, 1.165) is 0 Å². The molecule has 20 heavy (non-hydrogen) atoms. The van der Waals surface area contributed by atoms with Gasteiger partial charge in [-0.15, -0.1) is 0 Å². The lowest BCUT2D eigenvalue weighted by atomic mass is 10.3. The lowest BCUT2D eigenvalue weighted by Gasteiger charge is -2.15. The second-order valence-corrected chi connectivity index (χ2v) is 4.60. The molecule has 2 aromatic rings. The van der Waals surface area contributed by atoms with Crippen molar-refractivity contribution in [3.8, 4) is 5.75 Å². The Kier molecular flexibility index (Phi) is 4.58. The number of anilines is 1. The summed E-state index contributed by atoms with van der Waals surface area (Å²) in [4.78, 5) is 11.9. The molecular formula is C15H13ClFNO2. The van der Waals surface area contributed by atoms with Crippen LogP contribution in [0.5, 0.6) is 5.75 Å². The maximum Gasteiger partial charge on any atom is 0.265 e. The Balaban J connectivity index is 2.01. The molecule has 0 aromatic heterocycles. The first-order valence-corrected chi connectivity index (χ1v) is 6.41. The first-order chi connectivity index (χ1) is 9.56. The first-order valence-electron chi connectivity index (χ1n) is 6.04. The second-order valence-electron chi connectivity index (χ2n) is 4.19. The number of hydrogen-bond acceptors (Lipinski definition) is 2. The molecule has 2 rings (SSSR count). The summed E-state index contributed by atoms with van der Waals surface area (Å²) in [6, 6.07) is 12.5. The lowest BCUT2D eigenvalue weighted by Crippen LogP contribution is -2.30. The summed E-state index contributed by atoms with van der Waals surface area (Å²) in [5, 5.41) is 3.00. The van der Waals surface area contributed by atoms with E-state index in [1.165, 1.54) is 18.2 Å². The zero-order chi connectivity index (χ0) is 14.5. The number of carbonyl (C=O) groups excluding carboxylic acids is 1. The summed E-state index contributed by atoms with van der Waals surface area (Å²) >= 11 is 5.95. The Labute approximate surface area is 121 Å². The van der Waals surface area contributed by atoms with Gasteiger partial charge in [0.25, 0.3) is 5.91 Å². The minimum atomic E-state index is -0.752. The molecule has 0 aliphatic heterocycles. The summed E-state index contributed by atoms with van der Waals surface area (Å²) in [6.07, 6.45) is -0.752. The van der Waals surface area contributed by atoms with Gasteiger partial charge in [0, 0.05) is 5.69 Å². The van der Waals surface area contributed by atoms with Crippen molar-refractivity contribution >= 4 is 23.2 Å². The van der Waals surface area contributed by atoms with Gasteiger partial charge in [0.2, 0.25) is 0 Å². The molecule has 104 valence electrons. The van der Waals surface area contributed by atoms with Gasteiger partial charge in [-0.2, -0.15) is 0 Å². The van der Waals surface area contributed by atoms with Gasteiger partial charge in [0.1, 0.15) is 11.6 Å². The molecule has 0 bridgehead atoms. The quantitative estimate of drug-likeness (QED) is 0.929. The van der Waals surface area contributed by atoms with Crippen molar-refractivity contribution in [2.45, 2.75) is 13.0 Å². The van der Waals surface area contributed by atoms with Crippen molar-refractivity contribution in [3.05, 3.63) is 59.4 Å². The molecule has 0 aliphatic rings. The molecule has 1 unspecified atom stereocenters. The van der Waals surface area contributed by atoms with Crippen LogP contribution < -0.4 is 10.1 Å². The molecule has 0 fully saturated rings. The monoisotopic (exact) mass is 293 g/mol. The number of carbonyl (C=O) groups is 1. The zero-order valence-corrected chi connectivity index (χ0v) is 11.5. The van der Waals surface area contributed by atoms with Gasteiger partial charge in [-0.25, -0.2) is 4.39 Å². The number of rotatable bonds is 4. The Bertz CT molecular complexity index is 618. The van der Waals surface area contributed by atoms with Gasteiger partial charge in [-0.3, -0.25) is 4.79 Å². The van der Waals surface area contributed by atoms with E-state index in [1.807, 2.05) is 0 Å². The fraction of sp³-hybridized carbons (Fsp3) is 0.133. The SMILES string of the molecule is CC(Oc1ccccc1Cl)C(=O)Nc1cccc(F)c1. The first kappa shape index (κ1) is 14.3. The Morgan fingerprint density at radius 3 is 2.70 bits per heavy atom. The van der Waals surface area contributed by atoms with E-state index in [0.29, 0.717) is 16.5 Å². The van der Waals surface area contributed by atoms with Crippen LogP contribution in [0.1, 0.15) is 6.92 Å². The smallest absolute Gasteiger partial charge is 0.265 e. The van der Waals surface area contributed by atoms with Crippen molar-refractivity contribution in [2.75, 3.05) is 5.32 Å². The van der Waals surface area contributed by atoms with Crippen molar-refractivity contribution in [3.63, 3.8) is 0 Å². The van der Waals surface area contributed by atoms with E-state index in [2.05, 4.69) is 5.32 Å². The maximum atomic E-state index is 13.0. The van der Waals surface area contributed by atoms with E-state index in [1.54, 1.807) is 37.3 Å². The lowest BCUT2D eigenvalue weighted by molar-refractivity contribution is -0.122. The Hall–Kier alpha value is -2.07. The number of ether oxygens (including phenoxy) is 1. The van der Waals surface area contributed by atoms with Gasteiger partial charge >= 0.3 is 0 Å². The molecule has 3 nitrogen and oxygen atoms in total. The molecule has 1 atom stereocenters. The molecule has 1 N–H and O–H groups in total. The second kappa shape index (κ2) is 6.39. The van der Waals surface area contributed by atoms with Crippen LogP contribution in [-0.2, 0) is 4.79 Å². The molecule has 1 amide bonds. The average molecular weight is 294 g/mol. The third kappa shape index (κ3) is 3.71. The highest BCUT2D eigenvalue weighted by atomic mass is 35.5. The molecule has 5 heteroatoms. The highest BCUT2D eigenvalue weighted by Gasteiger charge is 2.16. The third-order valence-corrected chi connectivity index (χ3v) is 2.91. The average Bonchev–Trinajstić information content (AvgIpc) is 2.41. The Morgan fingerprint density at radius 1 is 1.25 bits per heavy atom. The summed E-state index contributed by atoms with van der Waals surface area (Å²) < 4.78 is 18.5. The van der Waals surface area contributed by atoms with Crippen LogP contribution in [0, 0.1) is 5.82 Å². The van der Waals surface area contributed by atoms with E-state index in [4.69, 9.17) is 16.3 Å². The summed E-state index contributed by atoms with van der Waals surface area (Å²) in [5.41, 5.74) is 0.379. The van der Waals surface area contributed by atoms with Crippen LogP contribution in [0.2, 0.25) is 5.02 Å². The van der Waals surface area contributed by atoms with Crippen molar-refractivity contribution in [2.24, 2.45) is 0 Å². The largest absolute Gasteiger partial charge is 0.479 e. The highest BCUT2D eigenvalue weighted by molar-refractivity contribution is 6.32. The zero-order valence-electron chi connectivity index (χ0n) is 10.8. The Morgan fingerprint density at radius 2 is 2.00 bits per heavy atom. The molecule has 0 heterocycles. The minimum absolute atomic E-state index is 0.379. The molecule has 0 spiro atoms. The molecule has 0 saturated carbocycles. The molecule has 0 radical (unpaired) electrons. The van der Waals surface area contributed by atoms with Crippen LogP contribution in [0.25, 0.3) is 0 Å². The highest BCUT2D eigenvalue weighted by Crippen LogP contribution is 2.24. The van der Waals surface area contributed by atoms with Crippen LogP contribution in [0.3, 0.4) is 0 Å². The number of hydrogen-bond donors (Lipinski definition) is 1. The maximum absolute atomic E-state index is 13.0. The molecule has 2 aromatic carbocycles. The third-order valence-electron chi connectivity index (χ3n) is 2.60. The molecule has 0 aliphatic carbocycles. The summed E-state index contributed by atoms with van der Waals surface area (Å²) in [7, 11) is 0. The number of halogens is 2. The van der Waals surface area contributed by atoms with Gasteiger partial charge in [0.15, 0.2) is 6.10 Å². The normalized spacial score (nSPS) is 11.8. The van der Waals surface area contributed by atoms with Crippen LogP contribution in [0.15, 0.2) is 48.5 Å². The predicted octanol–water partition coefficient (Wildman–Crippen LogP) is 3.89. The number of amides is 1. The van der Waals surface area contributed by atoms with E-state index < -0.39 is 11.9 Å². The van der Waals surface area contributed by atoms with E-state index >= 15 is 0 Å². The minimum Gasteiger partial charge on any atom is -0.479 e. The van der Waals surface area contributed by atoms with E-state index in [-0.39, 0.29) is 5.91 Å². The van der Waals surface area contributed by atoms with Gasteiger partial charge in [-0.05, 0) is 37.3 Å². The standard InChI is InChI=1S/C15H13ClFNO2/c1-10(20-14-8-3-2-7-13(14)16)15(19)18-12-6-4-5-11(17)9-12/h2-10H,1H3,(H,18,19). The number of nitrogens with one attached hydrogen (secondary N) is 1. The van der Waals surface area contributed by atoms with Crippen molar-refractivity contribution in [1.29, 1.82) is 0 Å².